The molecule has 0 saturated carbocycles. The summed E-state index contributed by atoms with van der Waals surface area (Å²) in [5.41, 5.74) is 0.335. The largest absolute Gasteiger partial charge is 0.490 e. The fourth-order valence-electron chi connectivity index (χ4n) is 3.33. The molecule has 0 bridgehead atoms. The maximum atomic E-state index is 13.8. The molecular formula is C19H25ClFNO6. The summed E-state index contributed by atoms with van der Waals surface area (Å²) < 4.78 is 35.5. The average molecular weight is 418 g/mol. The zero-order valence-corrected chi connectivity index (χ0v) is 17.1. The normalized spacial score (nSPS) is 19.5. The fraction of sp³-hybridized carbons (Fsp3) is 0.632. The van der Waals surface area contributed by atoms with Gasteiger partial charge in [0.15, 0.2) is 17.5 Å². The van der Waals surface area contributed by atoms with Crippen molar-refractivity contribution in [3.63, 3.8) is 0 Å². The van der Waals surface area contributed by atoms with E-state index in [1.807, 2.05) is 6.92 Å². The first-order valence-electron chi connectivity index (χ1n) is 9.28. The summed E-state index contributed by atoms with van der Waals surface area (Å²) in [4.78, 5) is 29.4. The Labute approximate surface area is 168 Å². The van der Waals surface area contributed by atoms with Crippen LogP contribution in [0.3, 0.4) is 0 Å². The molecule has 2 rings (SSSR count). The van der Waals surface area contributed by atoms with Crippen molar-refractivity contribution in [3.05, 3.63) is 22.7 Å². The first kappa shape index (κ1) is 22.4. The van der Waals surface area contributed by atoms with Gasteiger partial charge in [0.05, 0.1) is 37.8 Å². The van der Waals surface area contributed by atoms with Gasteiger partial charge >= 0.3 is 11.9 Å². The molecule has 0 aromatic carbocycles. The Balaban J connectivity index is 2.55. The molecule has 156 valence electrons. The van der Waals surface area contributed by atoms with Crippen molar-refractivity contribution >= 4 is 23.5 Å². The van der Waals surface area contributed by atoms with Crippen molar-refractivity contribution in [1.29, 1.82) is 0 Å². The molecule has 0 spiro atoms. The summed E-state index contributed by atoms with van der Waals surface area (Å²) >= 11 is 6.05. The van der Waals surface area contributed by atoms with Crippen LogP contribution in [0.15, 0.2) is 6.20 Å². The second-order valence-corrected chi connectivity index (χ2v) is 6.73. The second kappa shape index (κ2) is 10.0. The van der Waals surface area contributed by atoms with Gasteiger partial charge in [-0.2, -0.15) is 0 Å². The number of rotatable bonds is 8. The Hall–Kier alpha value is -1.93. The lowest BCUT2D eigenvalue weighted by Gasteiger charge is -2.38. The number of carbonyl (C=O) groups excluding carboxylic acids is 2. The maximum absolute atomic E-state index is 13.8. The van der Waals surface area contributed by atoms with Gasteiger partial charge < -0.3 is 18.9 Å². The highest BCUT2D eigenvalue weighted by molar-refractivity contribution is 6.32. The smallest absolute Gasteiger partial charge is 0.323 e. The third kappa shape index (κ3) is 4.55. The molecule has 0 amide bonds. The van der Waals surface area contributed by atoms with E-state index in [4.69, 9.17) is 30.5 Å². The van der Waals surface area contributed by atoms with Crippen molar-refractivity contribution in [2.75, 3.05) is 26.4 Å². The van der Waals surface area contributed by atoms with Crippen LogP contribution in [0.4, 0.5) is 4.39 Å². The van der Waals surface area contributed by atoms with Crippen molar-refractivity contribution in [3.8, 4) is 5.75 Å². The standard InChI is InChI=1S/C19H25ClFNO6/c1-5-25-16(13(18(23)26-6-2)19(24)27-7-3)12-10(4)9-28-17-14(20)11(21)8-22-15(12)17/h8,10,12-13,16H,5-7,9H2,1-4H3. The molecule has 1 aromatic heterocycles. The van der Waals surface area contributed by atoms with Gasteiger partial charge in [0.1, 0.15) is 5.02 Å². The number of aromatic nitrogens is 1. The Morgan fingerprint density at radius 2 is 1.86 bits per heavy atom. The Morgan fingerprint density at radius 3 is 2.39 bits per heavy atom. The lowest BCUT2D eigenvalue weighted by atomic mass is 9.78. The molecule has 1 aliphatic rings. The lowest BCUT2D eigenvalue weighted by molar-refractivity contribution is -0.171. The minimum atomic E-state index is -1.32. The average Bonchev–Trinajstić information content (AvgIpc) is 2.65. The maximum Gasteiger partial charge on any atom is 0.323 e. The number of carbonyl (C=O) groups is 2. The summed E-state index contributed by atoms with van der Waals surface area (Å²) in [6, 6.07) is 0. The number of fused-ring (bicyclic) bond motifs is 1. The highest BCUT2D eigenvalue weighted by Gasteiger charge is 2.48. The zero-order chi connectivity index (χ0) is 20.8. The van der Waals surface area contributed by atoms with Gasteiger partial charge in [0.25, 0.3) is 0 Å². The number of esters is 2. The Morgan fingerprint density at radius 1 is 1.25 bits per heavy atom. The molecule has 9 heteroatoms. The predicted octanol–water partition coefficient (Wildman–Crippen LogP) is 3.13. The molecule has 2 heterocycles. The highest BCUT2D eigenvalue weighted by atomic mass is 35.5. The van der Waals surface area contributed by atoms with Crippen LogP contribution in [-0.4, -0.2) is 49.5 Å². The van der Waals surface area contributed by atoms with E-state index in [1.165, 1.54) is 0 Å². The van der Waals surface area contributed by atoms with Crippen LogP contribution in [0.5, 0.6) is 5.75 Å². The first-order chi connectivity index (χ1) is 13.4. The van der Waals surface area contributed by atoms with Crippen LogP contribution >= 0.6 is 11.6 Å². The van der Waals surface area contributed by atoms with E-state index in [1.54, 1.807) is 20.8 Å². The van der Waals surface area contributed by atoms with Gasteiger partial charge in [-0.25, -0.2) is 4.39 Å². The predicted molar refractivity (Wildman–Crippen MR) is 98.8 cm³/mol. The van der Waals surface area contributed by atoms with Gasteiger partial charge in [-0.05, 0) is 20.8 Å². The minimum Gasteiger partial charge on any atom is -0.490 e. The van der Waals surface area contributed by atoms with E-state index in [2.05, 4.69) is 4.98 Å². The van der Waals surface area contributed by atoms with Crippen LogP contribution in [-0.2, 0) is 23.8 Å². The molecular weight excluding hydrogens is 393 g/mol. The summed E-state index contributed by atoms with van der Waals surface area (Å²) in [5, 5.41) is -0.194. The minimum absolute atomic E-state index is 0.0981. The molecule has 0 aliphatic carbocycles. The quantitative estimate of drug-likeness (QED) is 0.474. The van der Waals surface area contributed by atoms with E-state index in [0.29, 0.717) is 5.69 Å². The number of nitrogens with zero attached hydrogens (tertiary/aromatic N) is 1. The molecule has 28 heavy (non-hydrogen) atoms. The number of hydrogen-bond acceptors (Lipinski definition) is 7. The van der Waals surface area contributed by atoms with Gasteiger partial charge in [-0.15, -0.1) is 0 Å². The molecule has 0 N–H and O–H groups in total. The molecule has 0 fully saturated rings. The zero-order valence-electron chi connectivity index (χ0n) is 16.4. The van der Waals surface area contributed by atoms with Crippen LogP contribution in [0.2, 0.25) is 5.02 Å². The third-order valence-corrected chi connectivity index (χ3v) is 4.85. The van der Waals surface area contributed by atoms with E-state index in [9.17, 15) is 14.0 Å². The molecule has 0 radical (unpaired) electrons. The highest BCUT2D eigenvalue weighted by Crippen LogP contribution is 2.45. The lowest BCUT2D eigenvalue weighted by Crippen LogP contribution is -2.46. The molecule has 1 aliphatic heterocycles. The summed E-state index contributed by atoms with van der Waals surface area (Å²) in [7, 11) is 0. The molecule has 3 atom stereocenters. The van der Waals surface area contributed by atoms with Gasteiger partial charge in [-0.3, -0.25) is 14.6 Å². The molecule has 1 aromatic rings. The first-order valence-corrected chi connectivity index (χ1v) is 9.66. The number of halogens is 2. The second-order valence-electron chi connectivity index (χ2n) is 6.35. The van der Waals surface area contributed by atoms with Crippen molar-refractivity contribution in [2.45, 2.75) is 39.7 Å². The fourth-order valence-corrected chi connectivity index (χ4v) is 3.53. The SMILES string of the molecule is CCOC(=O)C(C(=O)OCC)C(OCC)C1c2ncc(F)c(Cl)c2OCC1C. The summed E-state index contributed by atoms with van der Waals surface area (Å²) in [5.74, 6) is -4.16. The van der Waals surface area contributed by atoms with Gasteiger partial charge in [0, 0.05) is 18.4 Å². The topological polar surface area (TPSA) is 84.0 Å². The van der Waals surface area contributed by atoms with Gasteiger partial charge in [-0.1, -0.05) is 18.5 Å². The van der Waals surface area contributed by atoms with Gasteiger partial charge in [0.2, 0.25) is 0 Å². The van der Waals surface area contributed by atoms with Crippen LogP contribution in [0, 0.1) is 17.7 Å². The summed E-state index contributed by atoms with van der Waals surface area (Å²) in [6.07, 6.45) is 0.0530. The van der Waals surface area contributed by atoms with Crippen molar-refractivity contribution in [2.24, 2.45) is 11.8 Å². The van der Waals surface area contributed by atoms with Crippen molar-refractivity contribution < 1.29 is 32.9 Å². The number of hydrogen-bond donors (Lipinski definition) is 0. The third-order valence-electron chi connectivity index (χ3n) is 4.50. The van der Waals surface area contributed by atoms with E-state index in [-0.39, 0.29) is 43.1 Å². The number of ether oxygens (including phenoxy) is 4. The molecule has 0 saturated heterocycles. The number of pyridine rings is 1. The molecule has 3 unspecified atom stereocenters. The summed E-state index contributed by atoms with van der Waals surface area (Å²) in [6.45, 7) is 7.53. The van der Waals surface area contributed by atoms with Crippen LogP contribution < -0.4 is 4.74 Å². The Kier molecular flexibility index (Phi) is 8.00. The van der Waals surface area contributed by atoms with E-state index < -0.39 is 35.7 Å². The monoisotopic (exact) mass is 417 g/mol. The Bertz CT molecular complexity index is 698. The van der Waals surface area contributed by atoms with E-state index >= 15 is 0 Å². The molecule has 7 nitrogen and oxygen atoms in total. The van der Waals surface area contributed by atoms with Crippen LogP contribution in [0.25, 0.3) is 0 Å². The van der Waals surface area contributed by atoms with E-state index in [0.717, 1.165) is 6.20 Å². The van der Waals surface area contributed by atoms with Crippen LogP contribution in [0.1, 0.15) is 39.3 Å². The van der Waals surface area contributed by atoms with Crippen molar-refractivity contribution in [1.82, 2.24) is 4.98 Å².